The van der Waals surface area contributed by atoms with Crippen molar-refractivity contribution in [3.8, 4) is 5.75 Å². The fourth-order valence-corrected chi connectivity index (χ4v) is 3.35. The fourth-order valence-electron chi connectivity index (χ4n) is 2.21. The molecule has 1 amide bonds. The normalized spacial score (nSPS) is 12.6. The van der Waals surface area contributed by atoms with Gasteiger partial charge >= 0.3 is 10.1 Å². The van der Waals surface area contributed by atoms with E-state index in [1.54, 1.807) is 24.3 Å². The second-order valence-electron chi connectivity index (χ2n) is 5.60. The molecule has 2 aromatic rings. The summed E-state index contributed by atoms with van der Waals surface area (Å²) in [6, 6.07) is 10.5. The van der Waals surface area contributed by atoms with Gasteiger partial charge in [-0.1, -0.05) is 25.1 Å². The van der Waals surface area contributed by atoms with Crippen molar-refractivity contribution in [1.29, 1.82) is 0 Å². The van der Waals surface area contributed by atoms with Crippen LogP contribution in [0.5, 0.6) is 5.75 Å². The Kier molecular flexibility index (Phi) is 6.01. The number of amides is 1. The highest BCUT2D eigenvalue weighted by molar-refractivity contribution is 7.86. The lowest BCUT2D eigenvalue weighted by atomic mass is 10.1. The van der Waals surface area contributed by atoms with Crippen LogP contribution in [0.3, 0.4) is 0 Å². The van der Waals surface area contributed by atoms with Gasteiger partial charge in [0, 0.05) is 12.6 Å². The van der Waals surface area contributed by atoms with Crippen molar-refractivity contribution in [3.63, 3.8) is 0 Å². The van der Waals surface area contributed by atoms with Crippen LogP contribution in [0.15, 0.2) is 41.8 Å². The first-order valence-electron chi connectivity index (χ1n) is 7.63. The summed E-state index contributed by atoms with van der Waals surface area (Å²) in [4.78, 5) is 15.2. The third kappa shape index (κ3) is 5.07. The van der Waals surface area contributed by atoms with Crippen LogP contribution in [-0.2, 0) is 16.7 Å². The zero-order valence-electron chi connectivity index (χ0n) is 13.9. The number of nitrogens with zero attached hydrogens (tertiary/aromatic N) is 1. The molecule has 0 aliphatic heterocycles. The maximum absolute atomic E-state index is 12.7. The molecule has 130 valence electrons. The van der Waals surface area contributed by atoms with Crippen molar-refractivity contribution in [1.82, 2.24) is 4.90 Å². The van der Waals surface area contributed by atoms with Gasteiger partial charge in [-0.05, 0) is 42.5 Å². The molecule has 0 saturated heterocycles. The molecule has 5 nitrogen and oxygen atoms in total. The summed E-state index contributed by atoms with van der Waals surface area (Å²) < 4.78 is 27.1. The molecule has 0 aliphatic carbocycles. The van der Waals surface area contributed by atoms with Crippen LogP contribution in [0.4, 0.5) is 0 Å². The van der Waals surface area contributed by atoms with Gasteiger partial charge < -0.3 is 9.08 Å². The maximum Gasteiger partial charge on any atom is 0.306 e. The molecule has 0 spiro atoms. The molecule has 0 bridgehead atoms. The minimum atomic E-state index is -3.54. The van der Waals surface area contributed by atoms with E-state index in [4.69, 9.17) is 4.18 Å². The number of hydrogen-bond donors (Lipinski definition) is 0. The van der Waals surface area contributed by atoms with E-state index in [1.165, 1.54) is 11.3 Å². The Bertz CT molecular complexity index is 767. The lowest BCUT2D eigenvalue weighted by Crippen LogP contribution is -2.37. The lowest BCUT2D eigenvalue weighted by molar-refractivity contribution is 0.0676. The van der Waals surface area contributed by atoms with Crippen LogP contribution in [0.1, 0.15) is 35.5 Å². The molecule has 0 saturated carbocycles. The van der Waals surface area contributed by atoms with Crippen molar-refractivity contribution >= 4 is 27.4 Å². The Morgan fingerprint density at radius 3 is 2.42 bits per heavy atom. The zero-order chi connectivity index (χ0) is 17.7. The SMILES string of the molecule is CCC(C)N(Cc1ccc(OS(C)(=O)=O)cc1)C(=O)c1cccs1. The van der Waals surface area contributed by atoms with Gasteiger partial charge in [0.05, 0.1) is 11.1 Å². The molecule has 0 aliphatic rings. The van der Waals surface area contributed by atoms with Gasteiger partial charge in [0.15, 0.2) is 0 Å². The molecule has 1 unspecified atom stereocenters. The van der Waals surface area contributed by atoms with E-state index in [9.17, 15) is 13.2 Å². The number of hydrogen-bond acceptors (Lipinski definition) is 5. The Labute approximate surface area is 147 Å². The molecule has 1 aromatic carbocycles. The highest BCUT2D eigenvalue weighted by Crippen LogP contribution is 2.20. The summed E-state index contributed by atoms with van der Waals surface area (Å²) in [6.07, 6.45) is 1.86. The predicted octanol–water partition coefficient (Wildman–Crippen LogP) is 3.53. The summed E-state index contributed by atoms with van der Waals surface area (Å²) in [5.41, 5.74) is 0.918. The topological polar surface area (TPSA) is 63.7 Å². The molecule has 1 atom stereocenters. The van der Waals surface area contributed by atoms with Crippen molar-refractivity contribution in [2.75, 3.05) is 6.26 Å². The molecule has 7 heteroatoms. The van der Waals surface area contributed by atoms with Crippen LogP contribution in [0, 0.1) is 0 Å². The van der Waals surface area contributed by atoms with E-state index < -0.39 is 10.1 Å². The van der Waals surface area contributed by atoms with Crippen molar-refractivity contribution < 1.29 is 17.4 Å². The lowest BCUT2D eigenvalue weighted by Gasteiger charge is -2.28. The molecule has 0 radical (unpaired) electrons. The summed E-state index contributed by atoms with van der Waals surface area (Å²) in [5.74, 6) is 0.275. The summed E-state index contributed by atoms with van der Waals surface area (Å²) in [6.45, 7) is 4.53. The van der Waals surface area contributed by atoms with Crippen LogP contribution < -0.4 is 4.18 Å². The zero-order valence-corrected chi connectivity index (χ0v) is 15.6. The molecule has 1 aromatic heterocycles. The molecular formula is C17H21NO4S2. The number of carbonyl (C=O) groups excluding carboxylic acids is 1. The van der Waals surface area contributed by atoms with Crippen LogP contribution in [-0.4, -0.2) is 31.5 Å². The molecular weight excluding hydrogens is 346 g/mol. The Balaban J connectivity index is 2.16. The first kappa shape index (κ1) is 18.5. The van der Waals surface area contributed by atoms with E-state index in [1.807, 2.05) is 36.3 Å². The molecule has 0 fully saturated rings. The standard InChI is InChI=1S/C17H21NO4S2/c1-4-13(2)18(17(19)16-6-5-11-23-16)12-14-7-9-15(10-8-14)22-24(3,20)21/h5-11,13H,4,12H2,1-3H3. The quantitative estimate of drug-likeness (QED) is 0.702. The maximum atomic E-state index is 12.7. The minimum absolute atomic E-state index is 0.0100. The number of benzene rings is 1. The molecule has 0 N–H and O–H groups in total. The average Bonchev–Trinajstić information content (AvgIpc) is 3.06. The van der Waals surface area contributed by atoms with E-state index in [0.29, 0.717) is 11.4 Å². The minimum Gasteiger partial charge on any atom is -0.383 e. The first-order valence-corrected chi connectivity index (χ1v) is 10.3. The predicted molar refractivity (Wildman–Crippen MR) is 95.9 cm³/mol. The number of thiophene rings is 1. The van der Waals surface area contributed by atoms with E-state index in [2.05, 4.69) is 0 Å². The number of rotatable bonds is 7. The van der Waals surface area contributed by atoms with Gasteiger partial charge in [0.25, 0.3) is 5.91 Å². The largest absolute Gasteiger partial charge is 0.383 e. The molecule has 24 heavy (non-hydrogen) atoms. The van der Waals surface area contributed by atoms with E-state index in [-0.39, 0.29) is 17.7 Å². The second kappa shape index (κ2) is 7.81. The van der Waals surface area contributed by atoms with Gasteiger partial charge in [-0.3, -0.25) is 4.79 Å². The van der Waals surface area contributed by atoms with Gasteiger partial charge in [-0.2, -0.15) is 8.42 Å². The van der Waals surface area contributed by atoms with Crippen molar-refractivity contribution in [2.24, 2.45) is 0 Å². The van der Waals surface area contributed by atoms with Gasteiger partial charge in [-0.25, -0.2) is 0 Å². The summed E-state index contributed by atoms with van der Waals surface area (Å²) >= 11 is 1.43. The van der Waals surface area contributed by atoms with Gasteiger partial charge in [-0.15, -0.1) is 11.3 Å². The van der Waals surface area contributed by atoms with Crippen LogP contribution in [0.25, 0.3) is 0 Å². The third-order valence-corrected chi connectivity index (χ3v) is 4.99. The van der Waals surface area contributed by atoms with Crippen molar-refractivity contribution in [3.05, 3.63) is 52.2 Å². The summed E-state index contributed by atoms with van der Waals surface area (Å²) in [7, 11) is -3.54. The monoisotopic (exact) mass is 367 g/mol. The fraction of sp³-hybridized carbons (Fsp3) is 0.353. The third-order valence-electron chi connectivity index (χ3n) is 3.64. The van der Waals surface area contributed by atoms with Crippen molar-refractivity contribution in [2.45, 2.75) is 32.9 Å². The summed E-state index contributed by atoms with van der Waals surface area (Å²) in [5, 5.41) is 1.89. The van der Waals surface area contributed by atoms with Crippen LogP contribution in [0.2, 0.25) is 0 Å². The number of carbonyl (C=O) groups is 1. The highest BCUT2D eigenvalue weighted by Gasteiger charge is 2.21. The van der Waals surface area contributed by atoms with Gasteiger partial charge in [0.1, 0.15) is 5.75 Å². The Morgan fingerprint density at radius 2 is 1.92 bits per heavy atom. The van der Waals surface area contributed by atoms with E-state index >= 15 is 0 Å². The van der Waals surface area contributed by atoms with E-state index in [0.717, 1.165) is 18.2 Å². The highest BCUT2D eigenvalue weighted by atomic mass is 32.2. The molecule has 1 heterocycles. The smallest absolute Gasteiger partial charge is 0.306 e. The van der Waals surface area contributed by atoms with Crippen LogP contribution >= 0.6 is 11.3 Å². The Hall–Kier alpha value is -1.86. The van der Waals surface area contributed by atoms with Gasteiger partial charge in [0.2, 0.25) is 0 Å². The first-order chi connectivity index (χ1) is 11.3. The average molecular weight is 367 g/mol. The molecule has 2 rings (SSSR count). The Morgan fingerprint density at radius 1 is 1.25 bits per heavy atom. The second-order valence-corrected chi connectivity index (χ2v) is 8.12.